The van der Waals surface area contributed by atoms with Crippen molar-refractivity contribution < 1.29 is 14.3 Å². The number of aliphatic hydroxyl groups is 1. The molecule has 27 heavy (non-hydrogen) atoms. The van der Waals surface area contributed by atoms with Crippen molar-refractivity contribution in [2.45, 2.75) is 45.8 Å². The van der Waals surface area contributed by atoms with Gasteiger partial charge in [-0.2, -0.15) is 0 Å². The lowest BCUT2D eigenvalue weighted by Gasteiger charge is -2.15. The zero-order valence-corrected chi connectivity index (χ0v) is 16.2. The molecule has 3 aromatic heterocycles. The lowest BCUT2D eigenvalue weighted by molar-refractivity contribution is 0.0946. The van der Waals surface area contributed by atoms with Crippen LogP contribution >= 0.6 is 11.3 Å². The number of nitrogens with zero attached hydrogens (tertiary/aromatic N) is 3. The Balaban J connectivity index is 1.92. The fourth-order valence-corrected chi connectivity index (χ4v) is 3.66. The lowest BCUT2D eigenvalue weighted by Crippen LogP contribution is -2.13. The van der Waals surface area contributed by atoms with Crippen molar-refractivity contribution in [3.05, 3.63) is 46.5 Å². The fourth-order valence-electron chi connectivity index (χ4n) is 2.70. The fraction of sp³-hybridized carbons (Fsp3) is 0.368. The van der Waals surface area contributed by atoms with Gasteiger partial charge in [0.25, 0.3) is 0 Å². The molecule has 0 saturated heterocycles. The third-order valence-corrected chi connectivity index (χ3v) is 5.17. The first kappa shape index (κ1) is 19.3. The predicted octanol–water partition coefficient (Wildman–Crippen LogP) is 4.05. The molecule has 3 rings (SSSR count). The first-order valence-electron chi connectivity index (χ1n) is 8.70. The van der Waals surface area contributed by atoms with Gasteiger partial charge in [-0.1, -0.05) is 0 Å². The number of aromatic nitrogens is 3. The third kappa shape index (κ3) is 4.64. The van der Waals surface area contributed by atoms with E-state index >= 15 is 0 Å². The van der Waals surface area contributed by atoms with E-state index in [0.717, 1.165) is 15.8 Å². The number of pyridine rings is 1. The summed E-state index contributed by atoms with van der Waals surface area (Å²) in [6.07, 6.45) is 2.76. The molecule has 0 aromatic carbocycles. The maximum Gasteiger partial charge on any atom is 0.224 e. The van der Waals surface area contributed by atoms with Crippen molar-refractivity contribution in [2.75, 3.05) is 5.32 Å². The molecule has 2 N–H and O–H groups in total. The van der Waals surface area contributed by atoms with Crippen molar-refractivity contribution in [1.29, 1.82) is 0 Å². The summed E-state index contributed by atoms with van der Waals surface area (Å²) in [5.74, 6) is -0.245. The van der Waals surface area contributed by atoms with Gasteiger partial charge in [0.05, 0.1) is 28.6 Å². The van der Waals surface area contributed by atoms with Gasteiger partial charge in [-0.15, -0.1) is 11.3 Å². The highest BCUT2D eigenvalue weighted by Gasteiger charge is 2.19. The molecular weight excluding hydrogens is 367 g/mol. The number of fused-ring (bicyclic) bond motifs is 1. The predicted molar refractivity (Wildman–Crippen MR) is 104 cm³/mol. The topological polar surface area (TPSA) is 88.0 Å². The molecule has 0 amide bonds. The van der Waals surface area contributed by atoms with E-state index in [2.05, 4.69) is 20.3 Å². The summed E-state index contributed by atoms with van der Waals surface area (Å²) in [6, 6.07) is 3.02. The summed E-state index contributed by atoms with van der Waals surface area (Å²) in [5, 5.41) is 12.6. The zero-order valence-electron chi connectivity index (χ0n) is 15.4. The zero-order chi connectivity index (χ0) is 19.6. The van der Waals surface area contributed by atoms with Gasteiger partial charge in [-0.05, 0) is 44.9 Å². The Labute approximate surface area is 160 Å². The Kier molecular flexibility index (Phi) is 5.76. The Morgan fingerprint density at radius 2 is 2.07 bits per heavy atom. The van der Waals surface area contributed by atoms with Gasteiger partial charge in [-0.25, -0.2) is 14.4 Å². The molecule has 0 spiro atoms. The third-order valence-electron chi connectivity index (χ3n) is 4.12. The molecule has 0 bridgehead atoms. The van der Waals surface area contributed by atoms with Gasteiger partial charge >= 0.3 is 0 Å². The standard InChI is InChI=1S/C19H21FN4O2S/c1-10(25)4-5-16(26)17-18-15(6-11(2)27-18)23-19(24-17)22-12(3)13-7-14(20)9-21-8-13/h6-10,12,25H,4-5H2,1-3H3,(H,22,23,24)/t10-,12+/m1/s1. The smallest absolute Gasteiger partial charge is 0.224 e. The van der Waals surface area contributed by atoms with E-state index in [9.17, 15) is 14.3 Å². The van der Waals surface area contributed by atoms with Crippen LogP contribution < -0.4 is 5.32 Å². The van der Waals surface area contributed by atoms with Crippen LogP contribution in [0.2, 0.25) is 0 Å². The summed E-state index contributed by atoms with van der Waals surface area (Å²) in [7, 11) is 0. The first-order chi connectivity index (χ1) is 12.8. The number of thiophene rings is 1. The number of hydrogen-bond acceptors (Lipinski definition) is 7. The molecule has 0 fully saturated rings. The molecule has 142 valence electrons. The normalized spacial score (nSPS) is 13.5. The maximum absolute atomic E-state index is 13.4. The van der Waals surface area contributed by atoms with Crippen molar-refractivity contribution in [1.82, 2.24) is 15.0 Å². The minimum Gasteiger partial charge on any atom is -0.393 e. The minimum absolute atomic E-state index is 0.131. The van der Waals surface area contributed by atoms with Crippen LogP contribution in [0.15, 0.2) is 24.5 Å². The second kappa shape index (κ2) is 8.06. The Morgan fingerprint density at radius 1 is 1.30 bits per heavy atom. The van der Waals surface area contributed by atoms with Crippen LogP contribution in [0.3, 0.4) is 0 Å². The molecule has 0 unspecified atom stereocenters. The van der Waals surface area contributed by atoms with Crippen LogP contribution in [0.1, 0.15) is 53.7 Å². The number of aliphatic hydroxyl groups excluding tert-OH is 1. The number of ketones is 1. The number of carbonyl (C=O) groups is 1. The molecule has 6 nitrogen and oxygen atoms in total. The van der Waals surface area contributed by atoms with E-state index in [-0.39, 0.29) is 18.2 Å². The van der Waals surface area contributed by atoms with E-state index < -0.39 is 11.9 Å². The van der Waals surface area contributed by atoms with Gasteiger partial charge in [0.15, 0.2) is 5.78 Å². The van der Waals surface area contributed by atoms with Crippen LogP contribution in [-0.4, -0.2) is 31.9 Å². The number of anilines is 1. The Morgan fingerprint density at radius 3 is 2.78 bits per heavy atom. The molecule has 0 saturated carbocycles. The van der Waals surface area contributed by atoms with Gasteiger partial charge in [0.1, 0.15) is 11.5 Å². The minimum atomic E-state index is -0.547. The summed E-state index contributed by atoms with van der Waals surface area (Å²) in [6.45, 7) is 5.45. The van der Waals surface area contributed by atoms with Crippen molar-refractivity contribution in [3.8, 4) is 0 Å². The average molecular weight is 388 g/mol. The van der Waals surface area contributed by atoms with E-state index in [1.807, 2.05) is 19.9 Å². The Bertz CT molecular complexity index is 973. The van der Waals surface area contributed by atoms with E-state index in [0.29, 0.717) is 29.1 Å². The summed E-state index contributed by atoms with van der Waals surface area (Å²) < 4.78 is 14.2. The molecule has 3 aromatic rings. The SMILES string of the molecule is Cc1cc2nc(N[C@@H](C)c3cncc(F)c3)nc(C(=O)CC[C@@H](C)O)c2s1. The first-order valence-corrected chi connectivity index (χ1v) is 9.51. The van der Waals surface area contributed by atoms with Crippen molar-refractivity contribution in [2.24, 2.45) is 0 Å². The second-order valence-electron chi connectivity index (χ2n) is 6.58. The van der Waals surface area contributed by atoms with Crippen LogP contribution in [0, 0.1) is 12.7 Å². The molecule has 0 radical (unpaired) electrons. The number of rotatable bonds is 7. The average Bonchev–Trinajstić information content (AvgIpc) is 2.98. The number of nitrogens with one attached hydrogen (secondary N) is 1. The lowest BCUT2D eigenvalue weighted by atomic mass is 10.1. The second-order valence-corrected chi connectivity index (χ2v) is 7.84. The van der Waals surface area contributed by atoms with Gasteiger partial charge in [0.2, 0.25) is 5.95 Å². The Hall–Kier alpha value is -2.45. The van der Waals surface area contributed by atoms with E-state index in [1.165, 1.54) is 17.4 Å². The summed E-state index contributed by atoms with van der Waals surface area (Å²) in [4.78, 5) is 26.4. The van der Waals surface area contributed by atoms with Crippen molar-refractivity contribution >= 4 is 33.3 Å². The van der Waals surface area contributed by atoms with Gasteiger partial charge in [0, 0.05) is 17.5 Å². The number of Topliss-reactive ketones (excluding diaryl/α,β-unsaturated/α-hetero) is 1. The van der Waals surface area contributed by atoms with E-state index in [4.69, 9.17) is 0 Å². The quantitative estimate of drug-likeness (QED) is 0.594. The van der Waals surface area contributed by atoms with Crippen LogP contribution in [0.5, 0.6) is 0 Å². The van der Waals surface area contributed by atoms with Crippen molar-refractivity contribution in [3.63, 3.8) is 0 Å². The number of hydrogen-bond donors (Lipinski definition) is 2. The van der Waals surface area contributed by atoms with Crippen LogP contribution in [0.25, 0.3) is 10.2 Å². The molecule has 0 aliphatic heterocycles. The maximum atomic E-state index is 13.4. The van der Waals surface area contributed by atoms with E-state index in [1.54, 1.807) is 13.1 Å². The molecule has 8 heteroatoms. The summed E-state index contributed by atoms with van der Waals surface area (Å²) in [5.41, 5.74) is 1.70. The molecular formula is C19H21FN4O2S. The molecule has 0 aliphatic rings. The van der Waals surface area contributed by atoms with Gasteiger partial charge < -0.3 is 10.4 Å². The monoisotopic (exact) mass is 388 g/mol. The number of carbonyl (C=O) groups excluding carboxylic acids is 1. The highest BCUT2D eigenvalue weighted by atomic mass is 32.1. The molecule has 3 heterocycles. The number of aryl methyl sites for hydroxylation is 1. The van der Waals surface area contributed by atoms with Crippen LogP contribution in [0.4, 0.5) is 10.3 Å². The molecule has 2 atom stereocenters. The van der Waals surface area contributed by atoms with Gasteiger partial charge in [-0.3, -0.25) is 9.78 Å². The summed E-state index contributed by atoms with van der Waals surface area (Å²) >= 11 is 1.47. The largest absolute Gasteiger partial charge is 0.393 e. The molecule has 0 aliphatic carbocycles. The highest BCUT2D eigenvalue weighted by Crippen LogP contribution is 2.29. The highest BCUT2D eigenvalue weighted by molar-refractivity contribution is 7.19. The number of halogens is 1. The van der Waals surface area contributed by atoms with Crippen LogP contribution in [-0.2, 0) is 0 Å².